The van der Waals surface area contributed by atoms with E-state index in [-0.39, 0.29) is 24.0 Å². The number of hydrogen-bond donors (Lipinski definition) is 1. The molecule has 1 aromatic heterocycles. The first-order valence-electron chi connectivity index (χ1n) is 11.2. The van der Waals surface area contributed by atoms with Gasteiger partial charge in [-0.3, -0.25) is 9.89 Å². The molecule has 4 atom stereocenters. The van der Waals surface area contributed by atoms with Crippen LogP contribution in [0.4, 0.5) is 5.95 Å². The van der Waals surface area contributed by atoms with Crippen LogP contribution in [0.15, 0.2) is 23.5 Å². The minimum absolute atomic E-state index is 0. The Kier molecular flexibility index (Phi) is 7.30. The fourth-order valence-electron chi connectivity index (χ4n) is 5.48. The van der Waals surface area contributed by atoms with Crippen molar-refractivity contribution < 1.29 is 4.74 Å². The Labute approximate surface area is 196 Å². The lowest BCUT2D eigenvalue weighted by atomic mass is 9.82. The van der Waals surface area contributed by atoms with Crippen LogP contribution in [0, 0.1) is 11.8 Å². The molecule has 0 saturated carbocycles. The van der Waals surface area contributed by atoms with Crippen molar-refractivity contribution in [3.63, 3.8) is 0 Å². The van der Waals surface area contributed by atoms with E-state index in [9.17, 15) is 0 Å². The molecule has 9 heteroatoms. The third kappa shape index (κ3) is 4.52. The molecule has 0 aromatic carbocycles. The lowest BCUT2D eigenvalue weighted by molar-refractivity contribution is 0.0767. The van der Waals surface area contributed by atoms with E-state index in [0.717, 1.165) is 70.8 Å². The topological polar surface area (TPSA) is 69.1 Å². The molecule has 166 valence electrons. The largest absolute Gasteiger partial charge is 0.374 e. The second-order valence-electron chi connectivity index (χ2n) is 8.64. The molecule has 0 radical (unpaired) electrons. The van der Waals surface area contributed by atoms with Gasteiger partial charge in [0.25, 0.3) is 0 Å². The van der Waals surface area contributed by atoms with Crippen molar-refractivity contribution in [1.29, 1.82) is 0 Å². The van der Waals surface area contributed by atoms with Gasteiger partial charge in [0.15, 0.2) is 5.96 Å². The van der Waals surface area contributed by atoms with E-state index in [1.165, 1.54) is 12.8 Å². The smallest absolute Gasteiger partial charge is 0.225 e. The van der Waals surface area contributed by atoms with Crippen molar-refractivity contribution in [3.8, 4) is 0 Å². The van der Waals surface area contributed by atoms with Crippen LogP contribution in [0.3, 0.4) is 0 Å². The Hall–Kier alpha value is -1.20. The summed E-state index contributed by atoms with van der Waals surface area (Å²) in [6.45, 7) is 11.2. The van der Waals surface area contributed by atoms with Gasteiger partial charge in [0.1, 0.15) is 0 Å². The second kappa shape index (κ2) is 9.95. The fourth-order valence-corrected chi connectivity index (χ4v) is 5.48. The van der Waals surface area contributed by atoms with Gasteiger partial charge in [0, 0.05) is 76.6 Å². The van der Waals surface area contributed by atoms with Crippen molar-refractivity contribution >= 4 is 35.9 Å². The summed E-state index contributed by atoms with van der Waals surface area (Å²) < 4.78 is 6.12. The molecular weight excluding hydrogens is 493 g/mol. The number of nitrogens with zero attached hydrogens (tertiary/aromatic N) is 6. The molecule has 0 aliphatic carbocycles. The number of nitrogens with one attached hydrogen (secondary N) is 1. The lowest BCUT2D eigenvalue weighted by Crippen LogP contribution is -2.48. The van der Waals surface area contributed by atoms with Crippen LogP contribution in [0.25, 0.3) is 0 Å². The van der Waals surface area contributed by atoms with Crippen molar-refractivity contribution in [3.05, 3.63) is 18.5 Å². The highest BCUT2D eigenvalue weighted by Gasteiger charge is 2.53. The molecule has 4 aliphatic heterocycles. The number of hydrogen-bond acceptors (Lipinski definition) is 6. The monoisotopic (exact) mass is 527 g/mol. The van der Waals surface area contributed by atoms with Gasteiger partial charge in [-0.05, 0) is 25.8 Å². The number of fused-ring (bicyclic) bond motifs is 5. The first kappa shape index (κ1) is 22.0. The van der Waals surface area contributed by atoms with Gasteiger partial charge < -0.3 is 19.9 Å². The molecule has 8 nitrogen and oxygen atoms in total. The van der Waals surface area contributed by atoms with E-state index < -0.39 is 0 Å². The normalized spacial score (nSPS) is 31.0. The molecule has 0 spiro atoms. The van der Waals surface area contributed by atoms with E-state index in [4.69, 9.17) is 9.73 Å². The number of piperazine rings is 1. The summed E-state index contributed by atoms with van der Waals surface area (Å²) in [6.07, 6.45) is 7.15. The van der Waals surface area contributed by atoms with E-state index in [1.54, 1.807) is 0 Å². The number of anilines is 1. The van der Waals surface area contributed by atoms with Crippen molar-refractivity contribution in [2.24, 2.45) is 16.8 Å². The molecule has 30 heavy (non-hydrogen) atoms. The number of aliphatic imine (C=N–C) groups is 1. The molecule has 4 saturated heterocycles. The van der Waals surface area contributed by atoms with Gasteiger partial charge in [-0.2, -0.15) is 0 Å². The van der Waals surface area contributed by atoms with E-state index in [2.05, 4.69) is 36.9 Å². The van der Waals surface area contributed by atoms with Crippen LogP contribution in [0.5, 0.6) is 0 Å². The summed E-state index contributed by atoms with van der Waals surface area (Å²) in [5.74, 6) is 3.37. The number of likely N-dealkylation sites (tertiary alicyclic amines) is 1. The number of ether oxygens (including phenoxy) is 1. The zero-order chi connectivity index (χ0) is 19.6. The molecule has 4 unspecified atom stereocenters. The zero-order valence-electron chi connectivity index (χ0n) is 17.8. The van der Waals surface area contributed by atoms with Crippen LogP contribution < -0.4 is 10.2 Å². The Bertz CT molecular complexity index is 695. The molecule has 2 bridgehead atoms. The van der Waals surface area contributed by atoms with Crippen LogP contribution in [0.1, 0.15) is 19.8 Å². The van der Waals surface area contributed by atoms with Crippen LogP contribution in [-0.4, -0.2) is 96.8 Å². The summed E-state index contributed by atoms with van der Waals surface area (Å²) in [6, 6.07) is 1.87. The first-order chi connectivity index (χ1) is 14.3. The van der Waals surface area contributed by atoms with Crippen LogP contribution in [0.2, 0.25) is 0 Å². The summed E-state index contributed by atoms with van der Waals surface area (Å²) in [7, 11) is 0. The summed E-state index contributed by atoms with van der Waals surface area (Å²) in [5.41, 5.74) is 0. The van der Waals surface area contributed by atoms with Crippen molar-refractivity contribution in [2.45, 2.75) is 32.0 Å². The molecule has 4 aliphatic rings. The van der Waals surface area contributed by atoms with Gasteiger partial charge in [-0.15, -0.1) is 24.0 Å². The molecule has 1 N–H and O–H groups in total. The SMILES string of the molecule is CCNC(=NCCN1CCN(c2ncccn2)CC1)N1CC2C3CCC(O3)C2C1.I. The predicted molar refractivity (Wildman–Crippen MR) is 129 cm³/mol. The minimum Gasteiger partial charge on any atom is -0.374 e. The maximum atomic E-state index is 6.12. The highest BCUT2D eigenvalue weighted by Crippen LogP contribution is 2.47. The van der Waals surface area contributed by atoms with Crippen LogP contribution >= 0.6 is 24.0 Å². The molecule has 4 fully saturated rings. The van der Waals surface area contributed by atoms with E-state index in [0.29, 0.717) is 24.0 Å². The van der Waals surface area contributed by atoms with Gasteiger partial charge in [-0.1, -0.05) is 0 Å². The number of rotatable bonds is 5. The van der Waals surface area contributed by atoms with Gasteiger partial charge >= 0.3 is 0 Å². The van der Waals surface area contributed by atoms with Gasteiger partial charge in [0.2, 0.25) is 5.95 Å². The third-order valence-corrected chi connectivity index (χ3v) is 6.97. The zero-order valence-corrected chi connectivity index (χ0v) is 20.1. The molecule has 5 heterocycles. The van der Waals surface area contributed by atoms with E-state index in [1.807, 2.05) is 18.5 Å². The molecule has 1 aromatic rings. The highest BCUT2D eigenvalue weighted by atomic mass is 127. The number of halogens is 1. The maximum Gasteiger partial charge on any atom is 0.225 e. The fraction of sp³-hybridized carbons (Fsp3) is 0.762. The Morgan fingerprint density at radius 2 is 1.77 bits per heavy atom. The number of guanidine groups is 1. The summed E-state index contributed by atoms with van der Waals surface area (Å²) >= 11 is 0. The quantitative estimate of drug-likeness (QED) is 0.352. The molecule has 5 rings (SSSR count). The Morgan fingerprint density at radius 3 is 2.40 bits per heavy atom. The Balaban J connectivity index is 0.00000218. The summed E-state index contributed by atoms with van der Waals surface area (Å²) in [4.78, 5) is 21.0. The summed E-state index contributed by atoms with van der Waals surface area (Å²) in [5, 5.41) is 3.52. The first-order valence-corrected chi connectivity index (χ1v) is 11.2. The van der Waals surface area contributed by atoms with E-state index >= 15 is 0 Å². The second-order valence-corrected chi connectivity index (χ2v) is 8.64. The lowest BCUT2D eigenvalue weighted by Gasteiger charge is -2.34. The standard InChI is InChI=1S/C21H33N7O.HI/c1-2-22-20(28-14-16-17(15-28)19-5-4-18(16)29-19)25-8-9-26-10-12-27(13-11-26)21-23-6-3-7-24-21;/h3,6-7,16-19H,2,4-5,8-15H2,1H3,(H,22,25);1H. The number of aromatic nitrogens is 2. The van der Waals surface area contributed by atoms with Gasteiger partial charge in [0.05, 0.1) is 18.8 Å². The van der Waals surface area contributed by atoms with Crippen LogP contribution in [-0.2, 0) is 4.74 Å². The average molecular weight is 527 g/mol. The molecule has 0 amide bonds. The average Bonchev–Trinajstić information content (AvgIpc) is 3.48. The van der Waals surface area contributed by atoms with Crippen molar-refractivity contribution in [1.82, 2.24) is 25.1 Å². The Morgan fingerprint density at radius 1 is 1.10 bits per heavy atom. The minimum atomic E-state index is 0. The third-order valence-electron chi connectivity index (χ3n) is 6.97. The van der Waals surface area contributed by atoms with Gasteiger partial charge in [-0.25, -0.2) is 9.97 Å². The maximum absolute atomic E-state index is 6.12. The highest BCUT2D eigenvalue weighted by molar-refractivity contribution is 14.0. The predicted octanol–water partition coefficient (Wildman–Crippen LogP) is 1.29. The molecular formula is C21H34IN7O. The van der Waals surface area contributed by atoms with Crippen molar-refractivity contribution in [2.75, 3.05) is 63.8 Å².